The summed E-state index contributed by atoms with van der Waals surface area (Å²) in [5, 5.41) is 3.43. The molecule has 0 aliphatic carbocycles. The van der Waals surface area contributed by atoms with Gasteiger partial charge in [0.15, 0.2) is 0 Å². The van der Waals surface area contributed by atoms with Gasteiger partial charge in [-0.15, -0.1) is 0 Å². The van der Waals surface area contributed by atoms with E-state index in [0.29, 0.717) is 37.1 Å². The van der Waals surface area contributed by atoms with Crippen molar-refractivity contribution in [3.8, 4) is 0 Å². The Balaban J connectivity index is 1.94. The van der Waals surface area contributed by atoms with Gasteiger partial charge in [0.25, 0.3) is 0 Å². The molecule has 2 aliphatic heterocycles. The SMILES string of the molecule is CNC(CC1CCCN(S(C)(=O)=O)C1)C1CCOC1C. The van der Waals surface area contributed by atoms with Gasteiger partial charge in [0, 0.05) is 31.7 Å². The molecule has 2 heterocycles. The third-order valence-electron chi connectivity index (χ3n) is 4.86. The van der Waals surface area contributed by atoms with Crippen molar-refractivity contribution in [2.24, 2.45) is 11.8 Å². The second-order valence-corrected chi connectivity index (χ2v) is 8.27. The summed E-state index contributed by atoms with van der Waals surface area (Å²) in [6.07, 6.45) is 5.88. The van der Waals surface area contributed by atoms with Gasteiger partial charge in [0.1, 0.15) is 0 Å². The first-order chi connectivity index (χ1) is 9.41. The van der Waals surface area contributed by atoms with E-state index < -0.39 is 10.0 Å². The Morgan fingerprint density at radius 1 is 1.40 bits per heavy atom. The van der Waals surface area contributed by atoms with Crippen LogP contribution in [0, 0.1) is 11.8 Å². The Bertz CT molecular complexity index is 413. The molecule has 0 aromatic rings. The number of nitrogens with one attached hydrogen (secondary N) is 1. The number of sulfonamides is 1. The van der Waals surface area contributed by atoms with E-state index in [-0.39, 0.29) is 0 Å². The minimum absolute atomic E-state index is 0.307. The molecule has 2 rings (SSSR count). The molecule has 0 aromatic heterocycles. The molecule has 0 amide bonds. The van der Waals surface area contributed by atoms with Gasteiger partial charge in [-0.25, -0.2) is 12.7 Å². The number of hydrogen-bond donors (Lipinski definition) is 1. The first-order valence-electron chi connectivity index (χ1n) is 7.65. The van der Waals surface area contributed by atoms with Crippen LogP contribution in [0.3, 0.4) is 0 Å². The second-order valence-electron chi connectivity index (χ2n) is 6.29. The third-order valence-corrected chi connectivity index (χ3v) is 6.13. The summed E-state index contributed by atoms with van der Waals surface area (Å²) in [5.74, 6) is 1.01. The zero-order valence-corrected chi connectivity index (χ0v) is 13.7. The molecular weight excluding hydrogens is 276 g/mol. The highest BCUT2D eigenvalue weighted by Crippen LogP contribution is 2.30. The van der Waals surface area contributed by atoms with E-state index in [0.717, 1.165) is 32.3 Å². The van der Waals surface area contributed by atoms with E-state index >= 15 is 0 Å². The molecule has 0 radical (unpaired) electrons. The molecule has 0 saturated carbocycles. The molecule has 4 unspecified atom stereocenters. The van der Waals surface area contributed by atoms with E-state index in [1.54, 1.807) is 4.31 Å². The average Bonchev–Trinajstić information content (AvgIpc) is 2.81. The van der Waals surface area contributed by atoms with Gasteiger partial charge in [0.2, 0.25) is 10.0 Å². The predicted octanol–water partition coefficient (Wildman–Crippen LogP) is 1.06. The summed E-state index contributed by atoms with van der Waals surface area (Å²) >= 11 is 0. The number of nitrogens with zero attached hydrogens (tertiary/aromatic N) is 1. The van der Waals surface area contributed by atoms with Crippen molar-refractivity contribution in [2.45, 2.75) is 44.8 Å². The molecule has 118 valence electrons. The quantitative estimate of drug-likeness (QED) is 0.825. The average molecular weight is 304 g/mol. The molecule has 0 spiro atoms. The Morgan fingerprint density at radius 3 is 2.70 bits per heavy atom. The van der Waals surface area contributed by atoms with Gasteiger partial charge in [-0.3, -0.25) is 0 Å². The minimum atomic E-state index is -3.04. The molecule has 2 saturated heterocycles. The zero-order valence-electron chi connectivity index (χ0n) is 12.8. The maximum Gasteiger partial charge on any atom is 0.211 e. The topological polar surface area (TPSA) is 58.6 Å². The van der Waals surface area contributed by atoms with Crippen molar-refractivity contribution in [2.75, 3.05) is 33.0 Å². The third kappa shape index (κ3) is 3.93. The van der Waals surface area contributed by atoms with Gasteiger partial charge in [-0.2, -0.15) is 0 Å². The van der Waals surface area contributed by atoms with Crippen molar-refractivity contribution in [3.05, 3.63) is 0 Å². The highest BCUT2D eigenvalue weighted by atomic mass is 32.2. The van der Waals surface area contributed by atoms with Crippen LogP contribution in [0.25, 0.3) is 0 Å². The second kappa shape index (κ2) is 6.73. The molecule has 0 aromatic carbocycles. The molecule has 6 heteroatoms. The predicted molar refractivity (Wildman–Crippen MR) is 80.1 cm³/mol. The van der Waals surface area contributed by atoms with Gasteiger partial charge >= 0.3 is 0 Å². The van der Waals surface area contributed by atoms with Crippen LogP contribution in [0.1, 0.15) is 32.6 Å². The Labute approximate surface area is 123 Å². The fourth-order valence-electron chi connectivity index (χ4n) is 3.66. The Morgan fingerprint density at radius 2 is 2.15 bits per heavy atom. The molecule has 0 bridgehead atoms. The number of piperidine rings is 1. The lowest BCUT2D eigenvalue weighted by molar-refractivity contribution is 0.0907. The summed E-state index contributed by atoms with van der Waals surface area (Å²) < 4.78 is 30.7. The minimum Gasteiger partial charge on any atom is -0.378 e. The van der Waals surface area contributed by atoms with Crippen LogP contribution >= 0.6 is 0 Å². The van der Waals surface area contributed by atoms with Gasteiger partial charge in [-0.1, -0.05) is 0 Å². The summed E-state index contributed by atoms with van der Waals surface area (Å²) in [5.41, 5.74) is 0. The number of ether oxygens (including phenoxy) is 1. The van der Waals surface area contributed by atoms with Crippen LogP contribution in [-0.2, 0) is 14.8 Å². The standard InChI is InChI=1S/C14H28N2O3S/c1-11-13(6-8-19-11)14(15-2)9-12-5-4-7-16(10-12)20(3,17)18/h11-15H,4-10H2,1-3H3. The molecular formula is C14H28N2O3S. The summed E-state index contributed by atoms with van der Waals surface area (Å²) in [6.45, 7) is 4.36. The lowest BCUT2D eigenvalue weighted by atomic mass is 9.84. The van der Waals surface area contributed by atoms with Gasteiger partial charge in [-0.05, 0) is 45.6 Å². The van der Waals surface area contributed by atoms with Crippen LogP contribution < -0.4 is 5.32 Å². The summed E-state index contributed by atoms with van der Waals surface area (Å²) in [6, 6.07) is 0.428. The molecule has 2 fully saturated rings. The van der Waals surface area contributed by atoms with Crippen molar-refractivity contribution in [1.29, 1.82) is 0 Å². The smallest absolute Gasteiger partial charge is 0.211 e. The van der Waals surface area contributed by atoms with Crippen LogP contribution in [0.4, 0.5) is 0 Å². The highest BCUT2D eigenvalue weighted by Gasteiger charge is 2.34. The van der Waals surface area contributed by atoms with Crippen LogP contribution in [0.15, 0.2) is 0 Å². The molecule has 20 heavy (non-hydrogen) atoms. The molecule has 2 aliphatic rings. The van der Waals surface area contributed by atoms with Crippen LogP contribution in [0.5, 0.6) is 0 Å². The van der Waals surface area contributed by atoms with E-state index in [2.05, 4.69) is 12.2 Å². The fraction of sp³-hybridized carbons (Fsp3) is 1.00. The van der Waals surface area contributed by atoms with Crippen molar-refractivity contribution in [1.82, 2.24) is 9.62 Å². The van der Waals surface area contributed by atoms with Crippen LogP contribution in [0.2, 0.25) is 0 Å². The maximum absolute atomic E-state index is 11.7. The van der Waals surface area contributed by atoms with E-state index in [9.17, 15) is 8.42 Å². The van der Waals surface area contributed by atoms with E-state index in [1.807, 2.05) is 7.05 Å². The zero-order chi connectivity index (χ0) is 14.8. The lowest BCUT2D eigenvalue weighted by Gasteiger charge is -2.35. The molecule has 1 N–H and O–H groups in total. The summed E-state index contributed by atoms with van der Waals surface area (Å²) in [4.78, 5) is 0. The Kier molecular flexibility index (Phi) is 5.45. The summed E-state index contributed by atoms with van der Waals surface area (Å²) in [7, 11) is -1.04. The first-order valence-corrected chi connectivity index (χ1v) is 9.50. The highest BCUT2D eigenvalue weighted by molar-refractivity contribution is 7.88. The molecule has 5 nitrogen and oxygen atoms in total. The normalized spacial score (nSPS) is 34.2. The monoisotopic (exact) mass is 304 g/mol. The van der Waals surface area contributed by atoms with Crippen molar-refractivity contribution < 1.29 is 13.2 Å². The van der Waals surface area contributed by atoms with Crippen molar-refractivity contribution in [3.63, 3.8) is 0 Å². The maximum atomic E-state index is 11.7. The van der Waals surface area contributed by atoms with Crippen LogP contribution in [-0.4, -0.2) is 57.9 Å². The Hall–Kier alpha value is -0.170. The van der Waals surface area contributed by atoms with Gasteiger partial charge < -0.3 is 10.1 Å². The lowest BCUT2D eigenvalue weighted by Crippen LogP contribution is -2.44. The molecule has 4 atom stereocenters. The number of hydrogen-bond acceptors (Lipinski definition) is 4. The first kappa shape index (κ1) is 16.2. The largest absolute Gasteiger partial charge is 0.378 e. The van der Waals surface area contributed by atoms with E-state index in [4.69, 9.17) is 4.74 Å². The number of rotatable bonds is 5. The van der Waals surface area contributed by atoms with E-state index in [1.165, 1.54) is 6.26 Å². The fourth-order valence-corrected chi connectivity index (χ4v) is 4.61. The van der Waals surface area contributed by atoms with Crippen molar-refractivity contribution >= 4 is 10.0 Å². The van der Waals surface area contributed by atoms with Gasteiger partial charge in [0.05, 0.1) is 12.4 Å².